The first-order chi connectivity index (χ1) is 8.18. The lowest BCUT2D eigenvalue weighted by Gasteiger charge is -2.22. The molecule has 17 heavy (non-hydrogen) atoms. The predicted molar refractivity (Wildman–Crippen MR) is 70.9 cm³/mol. The second kappa shape index (κ2) is 5.65. The zero-order valence-corrected chi connectivity index (χ0v) is 10.6. The molecule has 1 aromatic carbocycles. The standard InChI is InChI=1S/C15H23NO/c1-11(16)15(17)14-9-7-13(8-10-14)12-5-3-2-4-6-12/h7-12,15,17H,2-6,16H2,1H3. The van der Waals surface area contributed by atoms with Crippen molar-refractivity contribution in [3.63, 3.8) is 0 Å². The van der Waals surface area contributed by atoms with Crippen molar-refractivity contribution in [1.82, 2.24) is 0 Å². The molecule has 1 aromatic rings. The van der Waals surface area contributed by atoms with Gasteiger partial charge in [0.1, 0.15) is 0 Å². The van der Waals surface area contributed by atoms with Crippen LogP contribution in [0, 0.1) is 0 Å². The second-order valence-corrected chi connectivity index (χ2v) is 5.31. The Labute approximate surface area is 104 Å². The third kappa shape index (κ3) is 3.08. The Morgan fingerprint density at radius 2 is 1.71 bits per heavy atom. The molecule has 2 heteroatoms. The van der Waals surface area contributed by atoms with Crippen molar-refractivity contribution in [2.24, 2.45) is 5.73 Å². The van der Waals surface area contributed by atoms with Gasteiger partial charge in [-0.1, -0.05) is 43.5 Å². The number of aliphatic hydroxyl groups is 1. The Kier molecular flexibility index (Phi) is 4.19. The van der Waals surface area contributed by atoms with Crippen molar-refractivity contribution in [3.05, 3.63) is 35.4 Å². The van der Waals surface area contributed by atoms with Crippen LogP contribution in [0.5, 0.6) is 0 Å². The normalized spacial score (nSPS) is 21.1. The highest BCUT2D eigenvalue weighted by molar-refractivity contribution is 5.27. The zero-order chi connectivity index (χ0) is 12.3. The molecule has 2 rings (SSSR count). The van der Waals surface area contributed by atoms with Crippen LogP contribution in [-0.4, -0.2) is 11.1 Å². The molecule has 1 fully saturated rings. The number of hydrogen-bond acceptors (Lipinski definition) is 2. The van der Waals surface area contributed by atoms with Gasteiger partial charge in [0.2, 0.25) is 0 Å². The fraction of sp³-hybridized carbons (Fsp3) is 0.600. The third-order valence-corrected chi connectivity index (χ3v) is 3.85. The molecule has 0 spiro atoms. The summed E-state index contributed by atoms with van der Waals surface area (Å²) < 4.78 is 0. The molecule has 0 aromatic heterocycles. The van der Waals surface area contributed by atoms with Crippen LogP contribution in [0.2, 0.25) is 0 Å². The molecule has 1 saturated carbocycles. The molecule has 3 N–H and O–H groups in total. The first-order valence-electron chi connectivity index (χ1n) is 6.72. The molecule has 0 heterocycles. The summed E-state index contributed by atoms with van der Waals surface area (Å²) in [6.45, 7) is 1.83. The molecular weight excluding hydrogens is 210 g/mol. The molecular formula is C15H23NO. The monoisotopic (exact) mass is 233 g/mol. The fourth-order valence-corrected chi connectivity index (χ4v) is 2.70. The van der Waals surface area contributed by atoms with Crippen molar-refractivity contribution in [3.8, 4) is 0 Å². The summed E-state index contributed by atoms with van der Waals surface area (Å²) in [6, 6.07) is 8.17. The quantitative estimate of drug-likeness (QED) is 0.842. The van der Waals surface area contributed by atoms with Gasteiger partial charge in [-0.15, -0.1) is 0 Å². The van der Waals surface area contributed by atoms with E-state index in [0.29, 0.717) is 0 Å². The van der Waals surface area contributed by atoms with Crippen LogP contribution in [0.1, 0.15) is 62.2 Å². The van der Waals surface area contributed by atoms with E-state index < -0.39 is 6.10 Å². The summed E-state index contributed by atoms with van der Waals surface area (Å²) in [4.78, 5) is 0. The van der Waals surface area contributed by atoms with Crippen LogP contribution < -0.4 is 5.73 Å². The maximum atomic E-state index is 9.87. The van der Waals surface area contributed by atoms with E-state index in [-0.39, 0.29) is 6.04 Å². The summed E-state index contributed by atoms with van der Waals surface area (Å²) in [5.74, 6) is 0.727. The van der Waals surface area contributed by atoms with E-state index in [2.05, 4.69) is 12.1 Å². The minimum atomic E-state index is -0.546. The number of benzene rings is 1. The van der Waals surface area contributed by atoms with Gasteiger partial charge in [0.05, 0.1) is 6.10 Å². The highest BCUT2D eigenvalue weighted by Crippen LogP contribution is 2.33. The molecule has 1 aliphatic rings. The van der Waals surface area contributed by atoms with Crippen molar-refractivity contribution in [2.75, 3.05) is 0 Å². The summed E-state index contributed by atoms with van der Waals surface area (Å²) >= 11 is 0. The van der Waals surface area contributed by atoms with Crippen LogP contribution >= 0.6 is 0 Å². The van der Waals surface area contributed by atoms with Gasteiger partial charge in [-0.05, 0) is 36.8 Å². The molecule has 2 unspecified atom stereocenters. The van der Waals surface area contributed by atoms with E-state index in [0.717, 1.165) is 11.5 Å². The summed E-state index contributed by atoms with van der Waals surface area (Å²) in [6.07, 6.45) is 6.18. The van der Waals surface area contributed by atoms with Crippen LogP contribution in [0.15, 0.2) is 24.3 Å². The number of hydrogen-bond donors (Lipinski definition) is 2. The number of aliphatic hydroxyl groups excluding tert-OH is 1. The van der Waals surface area contributed by atoms with Crippen LogP contribution in [-0.2, 0) is 0 Å². The van der Waals surface area contributed by atoms with Gasteiger partial charge < -0.3 is 10.8 Å². The summed E-state index contributed by atoms with van der Waals surface area (Å²) in [7, 11) is 0. The first kappa shape index (κ1) is 12.6. The van der Waals surface area contributed by atoms with Crippen LogP contribution in [0.4, 0.5) is 0 Å². The third-order valence-electron chi connectivity index (χ3n) is 3.85. The van der Waals surface area contributed by atoms with E-state index in [1.54, 1.807) is 0 Å². The fourth-order valence-electron chi connectivity index (χ4n) is 2.70. The topological polar surface area (TPSA) is 46.2 Å². The van der Waals surface area contributed by atoms with Crippen molar-refractivity contribution < 1.29 is 5.11 Å². The smallest absolute Gasteiger partial charge is 0.0938 e. The second-order valence-electron chi connectivity index (χ2n) is 5.31. The van der Waals surface area contributed by atoms with E-state index in [9.17, 15) is 5.11 Å². The average molecular weight is 233 g/mol. The molecule has 0 saturated heterocycles. The van der Waals surface area contributed by atoms with Gasteiger partial charge in [0, 0.05) is 6.04 Å². The van der Waals surface area contributed by atoms with Gasteiger partial charge >= 0.3 is 0 Å². The van der Waals surface area contributed by atoms with Gasteiger partial charge in [0.15, 0.2) is 0 Å². The average Bonchev–Trinajstić information content (AvgIpc) is 2.39. The molecule has 0 aliphatic heterocycles. The van der Waals surface area contributed by atoms with Crippen molar-refractivity contribution in [2.45, 2.75) is 57.1 Å². The molecule has 1 aliphatic carbocycles. The van der Waals surface area contributed by atoms with E-state index in [4.69, 9.17) is 5.73 Å². The minimum Gasteiger partial charge on any atom is -0.387 e. The lowest BCUT2D eigenvalue weighted by molar-refractivity contribution is 0.153. The Balaban J connectivity index is 2.06. The predicted octanol–water partition coefficient (Wildman–Crippen LogP) is 3.11. The van der Waals surface area contributed by atoms with Crippen LogP contribution in [0.25, 0.3) is 0 Å². The highest BCUT2D eigenvalue weighted by Gasteiger charge is 2.16. The SMILES string of the molecule is CC(N)C(O)c1ccc(C2CCCCC2)cc1. The number of nitrogens with two attached hydrogens (primary N) is 1. The molecule has 0 amide bonds. The van der Waals surface area contributed by atoms with Crippen molar-refractivity contribution >= 4 is 0 Å². The minimum absolute atomic E-state index is 0.212. The number of rotatable bonds is 3. The Hall–Kier alpha value is -0.860. The maximum Gasteiger partial charge on any atom is 0.0938 e. The lowest BCUT2D eigenvalue weighted by Crippen LogP contribution is -2.24. The van der Waals surface area contributed by atoms with E-state index >= 15 is 0 Å². The Bertz CT molecular complexity index is 338. The zero-order valence-electron chi connectivity index (χ0n) is 10.6. The van der Waals surface area contributed by atoms with Crippen LogP contribution in [0.3, 0.4) is 0 Å². The molecule has 0 bridgehead atoms. The van der Waals surface area contributed by atoms with Gasteiger partial charge in [-0.2, -0.15) is 0 Å². The Morgan fingerprint density at radius 3 is 2.24 bits per heavy atom. The largest absolute Gasteiger partial charge is 0.387 e. The summed E-state index contributed by atoms with van der Waals surface area (Å²) in [5, 5.41) is 9.87. The maximum absolute atomic E-state index is 9.87. The molecule has 0 radical (unpaired) electrons. The molecule has 2 atom stereocenters. The highest BCUT2D eigenvalue weighted by atomic mass is 16.3. The first-order valence-corrected chi connectivity index (χ1v) is 6.72. The lowest BCUT2D eigenvalue weighted by atomic mass is 9.83. The van der Waals surface area contributed by atoms with Gasteiger partial charge in [0.25, 0.3) is 0 Å². The van der Waals surface area contributed by atoms with Gasteiger partial charge in [-0.3, -0.25) is 0 Å². The summed E-state index contributed by atoms with van der Waals surface area (Å²) in [5.41, 5.74) is 8.05. The molecule has 94 valence electrons. The van der Waals surface area contributed by atoms with Gasteiger partial charge in [-0.25, -0.2) is 0 Å². The van der Waals surface area contributed by atoms with Crippen molar-refractivity contribution in [1.29, 1.82) is 0 Å². The Morgan fingerprint density at radius 1 is 1.12 bits per heavy atom. The van der Waals surface area contributed by atoms with E-state index in [1.807, 2.05) is 19.1 Å². The molecule has 2 nitrogen and oxygen atoms in total. The van der Waals surface area contributed by atoms with E-state index in [1.165, 1.54) is 37.7 Å².